The number of primary amides is 1. The van der Waals surface area contributed by atoms with Crippen molar-refractivity contribution in [2.75, 3.05) is 11.9 Å². The van der Waals surface area contributed by atoms with E-state index in [-0.39, 0.29) is 23.9 Å². The monoisotopic (exact) mass is 419 g/mol. The maximum Gasteiger partial charge on any atom is 0.404 e. The fraction of sp³-hybridized carbons (Fsp3) is 0.440. The number of nitrogens with one attached hydrogen (secondary N) is 1. The number of anilines is 1. The van der Waals surface area contributed by atoms with Gasteiger partial charge in [-0.1, -0.05) is 55.0 Å². The third kappa shape index (κ3) is 3.64. The number of likely N-dealkylation sites (tertiary alicyclic amines) is 1. The Balaban J connectivity index is 1.48. The first-order valence-electron chi connectivity index (χ1n) is 11.3. The molecule has 1 saturated heterocycles. The molecule has 2 heterocycles. The molecule has 2 amide bonds. The summed E-state index contributed by atoms with van der Waals surface area (Å²) in [6.07, 6.45) is 3.10. The Kier molecular flexibility index (Phi) is 5.30. The summed E-state index contributed by atoms with van der Waals surface area (Å²) in [6.45, 7) is 0.716. The van der Waals surface area contributed by atoms with Crippen LogP contribution in [0.15, 0.2) is 54.6 Å². The molecule has 2 aromatic carbocycles. The molecule has 0 radical (unpaired) electrons. The molecule has 3 N–H and O–H groups in total. The standard InChI is InChI=1S/C25H29N3O3/c26-25(30)31-21-13-7-5-11-18(21)24(29)28-15-14-19-22(16-8-2-1-3-9-16)27-20-12-6-4-10-17(20)23(19)28/h1-4,6,8-10,12,18-19,21-23,27H,5,7,11,13-15H2,(H2,26,30)/t18-,19+,21+,22-,23-/m0/s1. The second kappa shape index (κ2) is 8.25. The number of hydrogen-bond donors (Lipinski definition) is 2. The molecule has 1 saturated carbocycles. The summed E-state index contributed by atoms with van der Waals surface area (Å²) in [5, 5.41) is 3.73. The van der Waals surface area contributed by atoms with Crippen LogP contribution in [0.4, 0.5) is 10.5 Å². The number of ether oxygens (including phenoxy) is 1. The highest BCUT2D eigenvalue weighted by Crippen LogP contribution is 2.51. The summed E-state index contributed by atoms with van der Waals surface area (Å²) in [6, 6.07) is 19.0. The number of para-hydroxylation sites is 1. The Morgan fingerprint density at radius 2 is 1.71 bits per heavy atom. The summed E-state index contributed by atoms with van der Waals surface area (Å²) >= 11 is 0. The van der Waals surface area contributed by atoms with E-state index in [0.29, 0.717) is 18.9 Å². The summed E-state index contributed by atoms with van der Waals surface area (Å²) in [4.78, 5) is 27.2. The van der Waals surface area contributed by atoms with Crippen LogP contribution in [0.25, 0.3) is 0 Å². The van der Waals surface area contributed by atoms with Crippen molar-refractivity contribution in [2.24, 2.45) is 17.6 Å². The van der Waals surface area contributed by atoms with Crippen LogP contribution in [-0.2, 0) is 9.53 Å². The van der Waals surface area contributed by atoms with Gasteiger partial charge in [-0.3, -0.25) is 4.79 Å². The number of nitrogens with zero attached hydrogens (tertiary/aromatic N) is 1. The van der Waals surface area contributed by atoms with Gasteiger partial charge in [0.05, 0.1) is 18.0 Å². The van der Waals surface area contributed by atoms with E-state index < -0.39 is 12.2 Å². The van der Waals surface area contributed by atoms with Crippen LogP contribution >= 0.6 is 0 Å². The smallest absolute Gasteiger partial charge is 0.404 e. The van der Waals surface area contributed by atoms with Crippen LogP contribution in [-0.4, -0.2) is 29.5 Å². The maximum atomic E-state index is 13.8. The molecule has 0 aromatic heterocycles. The second-order valence-electron chi connectivity index (χ2n) is 8.92. The fourth-order valence-corrected chi connectivity index (χ4v) is 5.85. The van der Waals surface area contributed by atoms with Crippen molar-refractivity contribution in [3.63, 3.8) is 0 Å². The Morgan fingerprint density at radius 3 is 2.52 bits per heavy atom. The highest BCUT2D eigenvalue weighted by atomic mass is 16.6. The first-order chi connectivity index (χ1) is 15.1. The van der Waals surface area contributed by atoms with Crippen molar-refractivity contribution in [1.82, 2.24) is 4.90 Å². The molecule has 5 rings (SSSR count). The summed E-state index contributed by atoms with van der Waals surface area (Å²) in [5.74, 6) is 0.0829. The lowest BCUT2D eigenvalue weighted by molar-refractivity contribution is -0.142. The molecule has 162 valence electrons. The number of hydrogen-bond acceptors (Lipinski definition) is 4. The van der Waals surface area contributed by atoms with Crippen molar-refractivity contribution in [1.29, 1.82) is 0 Å². The zero-order valence-electron chi connectivity index (χ0n) is 17.6. The van der Waals surface area contributed by atoms with Gasteiger partial charge < -0.3 is 20.7 Å². The van der Waals surface area contributed by atoms with Crippen LogP contribution in [0, 0.1) is 11.8 Å². The number of rotatable bonds is 3. The highest BCUT2D eigenvalue weighted by Gasteiger charge is 2.48. The largest absolute Gasteiger partial charge is 0.446 e. The maximum absolute atomic E-state index is 13.8. The normalized spacial score (nSPS) is 29.4. The number of nitrogens with two attached hydrogens (primary N) is 1. The minimum absolute atomic E-state index is 0.0197. The molecule has 0 spiro atoms. The quantitative estimate of drug-likeness (QED) is 0.772. The molecular weight excluding hydrogens is 390 g/mol. The van der Waals surface area contributed by atoms with Gasteiger partial charge in [0, 0.05) is 18.2 Å². The number of amides is 2. The predicted octanol–water partition coefficient (Wildman–Crippen LogP) is 4.40. The molecular formula is C25H29N3O3. The molecule has 3 aliphatic rings. The van der Waals surface area contributed by atoms with Crippen LogP contribution in [0.5, 0.6) is 0 Å². The Labute approximate surface area is 182 Å². The van der Waals surface area contributed by atoms with Gasteiger partial charge in [-0.2, -0.15) is 0 Å². The first kappa shape index (κ1) is 19.9. The van der Waals surface area contributed by atoms with Gasteiger partial charge in [0.1, 0.15) is 6.10 Å². The molecule has 31 heavy (non-hydrogen) atoms. The average Bonchev–Trinajstić information content (AvgIpc) is 3.24. The van der Waals surface area contributed by atoms with Gasteiger partial charge in [-0.25, -0.2) is 4.79 Å². The van der Waals surface area contributed by atoms with E-state index in [9.17, 15) is 9.59 Å². The highest BCUT2D eigenvalue weighted by molar-refractivity contribution is 5.81. The third-order valence-electron chi connectivity index (χ3n) is 7.19. The molecule has 1 aliphatic carbocycles. The van der Waals surface area contributed by atoms with Crippen molar-refractivity contribution in [3.05, 3.63) is 65.7 Å². The van der Waals surface area contributed by atoms with Crippen molar-refractivity contribution in [2.45, 2.75) is 50.3 Å². The zero-order chi connectivity index (χ0) is 21.4. The lowest BCUT2D eigenvalue weighted by atomic mass is 9.79. The van der Waals surface area contributed by atoms with Crippen molar-refractivity contribution >= 4 is 17.7 Å². The van der Waals surface area contributed by atoms with Gasteiger partial charge >= 0.3 is 6.09 Å². The van der Waals surface area contributed by atoms with Crippen LogP contribution in [0.1, 0.15) is 55.3 Å². The second-order valence-corrected chi connectivity index (χ2v) is 8.92. The molecule has 2 aromatic rings. The molecule has 6 nitrogen and oxygen atoms in total. The van der Waals surface area contributed by atoms with E-state index >= 15 is 0 Å². The molecule has 5 atom stereocenters. The van der Waals surface area contributed by atoms with E-state index in [4.69, 9.17) is 10.5 Å². The average molecular weight is 420 g/mol. The predicted molar refractivity (Wildman–Crippen MR) is 118 cm³/mol. The van der Waals surface area contributed by atoms with Gasteiger partial charge in [0.25, 0.3) is 0 Å². The summed E-state index contributed by atoms with van der Waals surface area (Å²) < 4.78 is 5.36. The summed E-state index contributed by atoms with van der Waals surface area (Å²) in [7, 11) is 0. The van der Waals surface area contributed by atoms with E-state index in [0.717, 1.165) is 31.4 Å². The zero-order valence-corrected chi connectivity index (χ0v) is 17.6. The lowest BCUT2D eigenvalue weighted by Gasteiger charge is -2.41. The lowest BCUT2D eigenvalue weighted by Crippen LogP contribution is -2.45. The number of carbonyl (C=O) groups excluding carboxylic acids is 2. The topological polar surface area (TPSA) is 84.7 Å². The third-order valence-corrected chi connectivity index (χ3v) is 7.19. The first-order valence-corrected chi connectivity index (χ1v) is 11.3. The SMILES string of the molecule is NC(=O)O[C@@H]1CCCC[C@@H]1C(=O)N1CC[C@@H]2[C@H](c3ccccc3)Nc3ccccc3[C@@H]21. The van der Waals surface area contributed by atoms with Gasteiger partial charge in [-0.05, 0) is 42.9 Å². The molecule has 2 aliphatic heterocycles. The van der Waals surface area contributed by atoms with Crippen molar-refractivity contribution in [3.8, 4) is 0 Å². The number of carbonyl (C=O) groups is 2. The van der Waals surface area contributed by atoms with Gasteiger partial charge in [0.15, 0.2) is 0 Å². The Morgan fingerprint density at radius 1 is 0.968 bits per heavy atom. The van der Waals surface area contributed by atoms with Crippen LogP contribution < -0.4 is 11.1 Å². The Hall–Kier alpha value is -3.02. The van der Waals surface area contributed by atoms with Gasteiger partial charge in [-0.15, -0.1) is 0 Å². The molecule has 0 unspecified atom stereocenters. The van der Waals surface area contributed by atoms with Crippen LogP contribution in [0.3, 0.4) is 0 Å². The number of benzene rings is 2. The molecule has 0 bridgehead atoms. The van der Waals surface area contributed by atoms with E-state index in [2.05, 4.69) is 41.7 Å². The molecule has 6 heteroatoms. The van der Waals surface area contributed by atoms with E-state index in [1.807, 2.05) is 23.1 Å². The van der Waals surface area contributed by atoms with E-state index in [1.165, 1.54) is 11.1 Å². The minimum atomic E-state index is -0.791. The summed E-state index contributed by atoms with van der Waals surface area (Å²) in [5.41, 5.74) is 8.80. The number of fused-ring (bicyclic) bond motifs is 3. The Bertz CT molecular complexity index is 963. The fourth-order valence-electron chi connectivity index (χ4n) is 5.85. The van der Waals surface area contributed by atoms with Crippen molar-refractivity contribution < 1.29 is 14.3 Å². The van der Waals surface area contributed by atoms with Gasteiger partial charge in [0.2, 0.25) is 5.91 Å². The van der Waals surface area contributed by atoms with Crippen LogP contribution in [0.2, 0.25) is 0 Å². The minimum Gasteiger partial charge on any atom is -0.446 e. The molecule has 2 fully saturated rings. The van der Waals surface area contributed by atoms with E-state index in [1.54, 1.807) is 0 Å².